The molecule has 21 heavy (non-hydrogen) atoms. The molecule has 106 valence electrons. The van der Waals surface area contributed by atoms with Crippen molar-refractivity contribution in [2.75, 3.05) is 18.6 Å². The van der Waals surface area contributed by atoms with Crippen LogP contribution in [0.25, 0.3) is 10.9 Å². The van der Waals surface area contributed by atoms with Crippen molar-refractivity contribution in [3.8, 4) is 5.75 Å². The second kappa shape index (κ2) is 4.85. The monoisotopic (exact) mass is 278 g/mol. The van der Waals surface area contributed by atoms with Gasteiger partial charge < -0.3 is 14.6 Å². The van der Waals surface area contributed by atoms with Crippen LogP contribution in [0.1, 0.15) is 11.3 Å². The fraction of sp³-hybridized carbons (Fsp3) is 0.222. The maximum absolute atomic E-state index is 5.37. The van der Waals surface area contributed by atoms with Gasteiger partial charge in [-0.2, -0.15) is 0 Å². The molecule has 0 saturated heterocycles. The molecule has 0 aliphatic carbocycles. The molecular formula is C18H18N2O. The molecule has 1 aliphatic rings. The van der Waals surface area contributed by atoms with Crippen molar-refractivity contribution >= 4 is 16.6 Å². The van der Waals surface area contributed by atoms with E-state index >= 15 is 0 Å². The predicted octanol–water partition coefficient (Wildman–Crippen LogP) is 3.74. The van der Waals surface area contributed by atoms with Crippen molar-refractivity contribution in [1.29, 1.82) is 0 Å². The van der Waals surface area contributed by atoms with Crippen LogP contribution in [0.15, 0.2) is 48.5 Å². The number of aromatic amines is 1. The summed E-state index contributed by atoms with van der Waals surface area (Å²) in [6, 6.07) is 16.9. The highest BCUT2D eigenvalue weighted by Crippen LogP contribution is 2.32. The molecular weight excluding hydrogens is 260 g/mol. The highest BCUT2D eigenvalue weighted by Gasteiger charge is 2.21. The normalized spacial score (nSPS) is 14.2. The van der Waals surface area contributed by atoms with Gasteiger partial charge in [-0.3, -0.25) is 0 Å². The zero-order chi connectivity index (χ0) is 14.2. The Morgan fingerprint density at radius 2 is 1.95 bits per heavy atom. The van der Waals surface area contributed by atoms with E-state index < -0.39 is 0 Å². The molecule has 0 unspecified atom stereocenters. The van der Waals surface area contributed by atoms with Crippen LogP contribution in [0.3, 0.4) is 0 Å². The van der Waals surface area contributed by atoms with E-state index in [-0.39, 0.29) is 0 Å². The fourth-order valence-corrected chi connectivity index (χ4v) is 3.18. The second-order valence-corrected chi connectivity index (χ2v) is 5.50. The molecule has 2 aromatic carbocycles. The van der Waals surface area contributed by atoms with Crippen molar-refractivity contribution in [3.05, 3.63) is 59.8 Å². The van der Waals surface area contributed by atoms with Gasteiger partial charge in [0.15, 0.2) is 0 Å². The number of methoxy groups -OCH3 is 1. The Kier molecular flexibility index (Phi) is 2.85. The lowest BCUT2D eigenvalue weighted by Crippen LogP contribution is -2.29. The number of nitrogens with one attached hydrogen (secondary N) is 1. The van der Waals surface area contributed by atoms with Crippen LogP contribution in [0.4, 0.5) is 5.69 Å². The Morgan fingerprint density at radius 3 is 2.76 bits per heavy atom. The number of hydrogen-bond acceptors (Lipinski definition) is 2. The summed E-state index contributed by atoms with van der Waals surface area (Å²) in [6.45, 7) is 2.01. The SMILES string of the molecule is COc1ccc2[nH]c3c(c2c1)CN(c1ccccc1)CC3. The van der Waals surface area contributed by atoms with Gasteiger partial charge in [-0.1, -0.05) is 18.2 Å². The molecule has 1 aliphatic heterocycles. The van der Waals surface area contributed by atoms with Crippen molar-refractivity contribution < 1.29 is 4.74 Å². The van der Waals surface area contributed by atoms with Gasteiger partial charge in [-0.15, -0.1) is 0 Å². The molecule has 0 atom stereocenters. The number of benzene rings is 2. The van der Waals surface area contributed by atoms with Crippen LogP contribution in [0, 0.1) is 0 Å². The van der Waals surface area contributed by atoms with Crippen LogP contribution in [0.5, 0.6) is 5.75 Å². The zero-order valence-corrected chi connectivity index (χ0v) is 12.1. The number of H-pyrrole nitrogens is 1. The fourth-order valence-electron chi connectivity index (χ4n) is 3.18. The maximum atomic E-state index is 5.37. The molecule has 3 nitrogen and oxygen atoms in total. The van der Waals surface area contributed by atoms with Gasteiger partial charge in [0.1, 0.15) is 5.75 Å². The number of anilines is 1. The van der Waals surface area contributed by atoms with Crippen LogP contribution in [-0.4, -0.2) is 18.6 Å². The summed E-state index contributed by atoms with van der Waals surface area (Å²) in [6.07, 6.45) is 1.06. The van der Waals surface area contributed by atoms with E-state index in [2.05, 4.69) is 52.3 Å². The molecule has 0 saturated carbocycles. The molecule has 0 spiro atoms. The summed E-state index contributed by atoms with van der Waals surface area (Å²) >= 11 is 0. The number of para-hydroxylation sites is 1. The summed E-state index contributed by atoms with van der Waals surface area (Å²) in [7, 11) is 1.72. The number of hydrogen-bond donors (Lipinski definition) is 1. The van der Waals surface area contributed by atoms with E-state index in [1.807, 2.05) is 6.07 Å². The van der Waals surface area contributed by atoms with Crippen molar-refractivity contribution in [2.24, 2.45) is 0 Å². The molecule has 0 fully saturated rings. The minimum absolute atomic E-state index is 0.918. The molecule has 0 radical (unpaired) electrons. The third-order valence-corrected chi connectivity index (χ3v) is 4.30. The van der Waals surface area contributed by atoms with E-state index in [1.54, 1.807) is 7.11 Å². The highest BCUT2D eigenvalue weighted by atomic mass is 16.5. The molecule has 0 amide bonds. The van der Waals surface area contributed by atoms with Gasteiger partial charge in [0, 0.05) is 47.4 Å². The lowest BCUT2D eigenvalue weighted by Gasteiger charge is -2.29. The number of fused-ring (bicyclic) bond motifs is 3. The van der Waals surface area contributed by atoms with Gasteiger partial charge in [-0.25, -0.2) is 0 Å². The van der Waals surface area contributed by atoms with Crippen LogP contribution in [-0.2, 0) is 13.0 Å². The van der Waals surface area contributed by atoms with Gasteiger partial charge in [0.25, 0.3) is 0 Å². The average molecular weight is 278 g/mol. The molecule has 4 rings (SSSR count). The first-order valence-electron chi connectivity index (χ1n) is 7.32. The van der Waals surface area contributed by atoms with E-state index in [9.17, 15) is 0 Å². The van der Waals surface area contributed by atoms with E-state index in [1.165, 1.54) is 27.8 Å². The number of rotatable bonds is 2. The van der Waals surface area contributed by atoms with Gasteiger partial charge in [0.05, 0.1) is 7.11 Å². The van der Waals surface area contributed by atoms with E-state index in [4.69, 9.17) is 4.74 Å². The Bertz CT molecular complexity index is 777. The molecule has 2 heterocycles. The van der Waals surface area contributed by atoms with Crippen LogP contribution < -0.4 is 9.64 Å². The van der Waals surface area contributed by atoms with Crippen LogP contribution >= 0.6 is 0 Å². The maximum Gasteiger partial charge on any atom is 0.119 e. The van der Waals surface area contributed by atoms with Gasteiger partial charge >= 0.3 is 0 Å². The lowest BCUT2D eigenvalue weighted by molar-refractivity contribution is 0.415. The first-order valence-corrected chi connectivity index (χ1v) is 7.32. The third kappa shape index (κ3) is 2.05. The molecule has 1 N–H and O–H groups in total. The minimum Gasteiger partial charge on any atom is -0.497 e. The van der Waals surface area contributed by atoms with Crippen molar-refractivity contribution in [3.63, 3.8) is 0 Å². The first kappa shape index (κ1) is 12.3. The second-order valence-electron chi connectivity index (χ2n) is 5.50. The highest BCUT2D eigenvalue weighted by molar-refractivity contribution is 5.86. The number of aromatic nitrogens is 1. The number of nitrogens with zero attached hydrogens (tertiary/aromatic N) is 1. The Morgan fingerprint density at radius 1 is 1.10 bits per heavy atom. The summed E-state index contributed by atoms with van der Waals surface area (Å²) < 4.78 is 5.37. The first-order chi connectivity index (χ1) is 10.3. The third-order valence-electron chi connectivity index (χ3n) is 4.30. The smallest absolute Gasteiger partial charge is 0.119 e. The summed E-state index contributed by atoms with van der Waals surface area (Å²) in [5, 5.41) is 1.28. The molecule has 3 heteroatoms. The quantitative estimate of drug-likeness (QED) is 0.773. The summed E-state index contributed by atoms with van der Waals surface area (Å²) in [4.78, 5) is 6.00. The zero-order valence-electron chi connectivity index (χ0n) is 12.1. The standard InChI is InChI=1S/C18H18N2O/c1-21-14-7-8-17-15(11-14)16-12-20(10-9-18(16)19-17)13-5-3-2-4-6-13/h2-8,11,19H,9-10,12H2,1H3. The Hall–Kier alpha value is -2.42. The Labute approximate surface area is 124 Å². The molecule has 0 bridgehead atoms. The van der Waals surface area contributed by atoms with E-state index in [0.717, 1.165) is 25.3 Å². The molecule has 1 aromatic heterocycles. The topological polar surface area (TPSA) is 28.3 Å². The largest absolute Gasteiger partial charge is 0.497 e. The van der Waals surface area contributed by atoms with Crippen LogP contribution in [0.2, 0.25) is 0 Å². The summed E-state index contributed by atoms with van der Waals surface area (Å²) in [5.74, 6) is 0.918. The summed E-state index contributed by atoms with van der Waals surface area (Å²) in [5.41, 5.74) is 5.26. The predicted molar refractivity (Wildman–Crippen MR) is 86.0 cm³/mol. The lowest BCUT2D eigenvalue weighted by atomic mass is 10.0. The molecule has 3 aromatic rings. The van der Waals surface area contributed by atoms with E-state index in [0.29, 0.717) is 0 Å². The number of ether oxygens (including phenoxy) is 1. The van der Waals surface area contributed by atoms with Gasteiger partial charge in [0.2, 0.25) is 0 Å². The van der Waals surface area contributed by atoms with Gasteiger partial charge in [-0.05, 0) is 30.3 Å². The van der Waals surface area contributed by atoms with Crippen molar-refractivity contribution in [1.82, 2.24) is 4.98 Å². The minimum atomic E-state index is 0.918. The average Bonchev–Trinajstić information content (AvgIpc) is 2.92. The Balaban J connectivity index is 1.76. The van der Waals surface area contributed by atoms with Crippen molar-refractivity contribution in [2.45, 2.75) is 13.0 Å².